The van der Waals surface area contributed by atoms with Crippen molar-refractivity contribution in [2.45, 2.75) is 26.9 Å². The zero-order valence-electron chi connectivity index (χ0n) is 13.9. The Morgan fingerprint density at radius 1 is 1.21 bits per heavy atom. The fourth-order valence-electron chi connectivity index (χ4n) is 2.28. The fraction of sp³-hybridized carbons (Fsp3) is 0.278. The predicted octanol–water partition coefficient (Wildman–Crippen LogP) is 2.82. The van der Waals surface area contributed by atoms with Gasteiger partial charge in [-0.15, -0.1) is 0 Å². The Bertz CT molecular complexity index is 736. The Morgan fingerprint density at radius 2 is 1.88 bits per heavy atom. The smallest absolute Gasteiger partial charge is 0.355 e. The molecular formula is C18H20N2O4. The number of ether oxygens (including phenoxy) is 1. The first-order valence-electron chi connectivity index (χ1n) is 7.70. The first-order chi connectivity index (χ1) is 11.4. The molecule has 0 bridgehead atoms. The first-order valence-corrected chi connectivity index (χ1v) is 7.70. The van der Waals surface area contributed by atoms with Crippen LogP contribution in [0.15, 0.2) is 42.6 Å². The number of anilines is 1. The lowest BCUT2D eigenvalue weighted by atomic mass is 10.2. The van der Waals surface area contributed by atoms with Gasteiger partial charge in [-0.2, -0.15) is 0 Å². The summed E-state index contributed by atoms with van der Waals surface area (Å²) in [6.07, 6.45) is 0.495. The largest absolute Gasteiger partial charge is 0.448 e. The molecule has 1 aromatic heterocycles. The lowest BCUT2D eigenvalue weighted by Crippen LogP contribution is -2.40. The summed E-state index contributed by atoms with van der Waals surface area (Å²) in [7, 11) is 0. The quantitative estimate of drug-likeness (QED) is 0.653. The maximum atomic E-state index is 12.5. The number of aromatic amines is 1. The maximum absolute atomic E-state index is 12.5. The highest BCUT2D eigenvalue weighted by Gasteiger charge is 2.25. The molecular weight excluding hydrogens is 308 g/mol. The summed E-state index contributed by atoms with van der Waals surface area (Å²) in [6.45, 7) is 5.25. The topological polar surface area (TPSA) is 79.5 Å². The molecule has 0 spiro atoms. The SMILES string of the molecule is CCN(C(=O)[C@@H](C)OC(=O)c1cc(C(C)=O)c[nH]1)c1ccccc1. The molecule has 1 atom stereocenters. The number of likely N-dealkylation sites (N-methyl/N-ethyl adjacent to an activating group) is 1. The van der Waals surface area contributed by atoms with Crippen molar-refractivity contribution in [3.05, 3.63) is 53.9 Å². The van der Waals surface area contributed by atoms with E-state index in [0.717, 1.165) is 5.69 Å². The van der Waals surface area contributed by atoms with E-state index >= 15 is 0 Å². The second-order valence-corrected chi connectivity index (χ2v) is 5.32. The number of Topliss-reactive ketones (excluding diaryl/α,β-unsaturated/α-hetero) is 1. The van der Waals surface area contributed by atoms with Gasteiger partial charge in [0.1, 0.15) is 5.69 Å². The van der Waals surface area contributed by atoms with Crippen molar-refractivity contribution in [1.82, 2.24) is 4.98 Å². The van der Waals surface area contributed by atoms with E-state index < -0.39 is 12.1 Å². The Balaban J connectivity index is 2.07. The highest BCUT2D eigenvalue weighted by molar-refractivity contribution is 6.00. The van der Waals surface area contributed by atoms with Gasteiger partial charge in [-0.25, -0.2) is 4.79 Å². The number of aromatic nitrogens is 1. The Labute approximate surface area is 140 Å². The molecule has 24 heavy (non-hydrogen) atoms. The summed E-state index contributed by atoms with van der Waals surface area (Å²) in [5, 5.41) is 0. The number of para-hydroxylation sites is 1. The molecule has 126 valence electrons. The summed E-state index contributed by atoms with van der Waals surface area (Å²) in [6, 6.07) is 10.6. The number of hydrogen-bond donors (Lipinski definition) is 1. The van der Waals surface area contributed by atoms with E-state index in [1.165, 1.54) is 26.1 Å². The summed E-state index contributed by atoms with van der Waals surface area (Å²) < 4.78 is 5.22. The molecule has 0 fully saturated rings. The molecule has 1 N–H and O–H groups in total. The predicted molar refractivity (Wildman–Crippen MR) is 90.1 cm³/mol. The molecule has 1 aromatic carbocycles. The van der Waals surface area contributed by atoms with E-state index in [9.17, 15) is 14.4 Å². The van der Waals surface area contributed by atoms with Gasteiger partial charge in [0.05, 0.1) is 0 Å². The third-order valence-electron chi connectivity index (χ3n) is 3.59. The van der Waals surface area contributed by atoms with Gasteiger partial charge in [0.25, 0.3) is 5.91 Å². The minimum absolute atomic E-state index is 0.141. The molecule has 2 rings (SSSR count). The van der Waals surface area contributed by atoms with E-state index in [1.807, 2.05) is 37.3 Å². The molecule has 1 heterocycles. The van der Waals surface area contributed by atoms with E-state index in [0.29, 0.717) is 12.1 Å². The van der Waals surface area contributed by atoms with Gasteiger partial charge in [0.15, 0.2) is 11.9 Å². The summed E-state index contributed by atoms with van der Waals surface area (Å²) in [5.41, 5.74) is 1.27. The van der Waals surface area contributed by atoms with Crippen molar-refractivity contribution in [2.75, 3.05) is 11.4 Å². The number of H-pyrrole nitrogens is 1. The third kappa shape index (κ3) is 3.90. The number of hydrogen-bond acceptors (Lipinski definition) is 4. The number of carbonyl (C=O) groups excluding carboxylic acids is 3. The standard InChI is InChI=1S/C18H20N2O4/c1-4-20(15-8-6-5-7-9-15)17(22)13(3)24-18(23)16-10-14(11-19-16)12(2)21/h5-11,13,19H,4H2,1-3H3/t13-/m1/s1. The molecule has 0 aliphatic heterocycles. The van der Waals surface area contributed by atoms with Crippen LogP contribution in [0.3, 0.4) is 0 Å². The van der Waals surface area contributed by atoms with Crippen molar-refractivity contribution >= 4 is 23.3 Å². The van der Waals surface area contributed by atoms with Crippen LogP contribution in [0, 0.1) is 0 Å². The second-order valence-electron chi connectivity index (χ2n) is 5.32. The fourth-order valence-corrected chi connectivity index (χ4v) is 2.28. The number of benzene rings is 1. The molecule has 0 aliphatic rings. The maximum Gasteiger partial charge on any atom is 0.355 e. The first kappa shape index (κ1) is 17.5. The summed E-state index contributed by atoms with van der Waals surface area (Å²) >= 11 is 0. The monoisotopic (exact) mass is 328 g/mol. The molecule has 1 amide bonds. The van der Waals surface area contributed by atoms with Crippen LogP contribution in [0.2, 0.25) is 0 Å². The molecule has 2 aromatic rings. The Hall–Kier alpha value is -2.89. The average Bonchev–Trinajstić information content (AvgIpc) is 3.06. The lowest BCUT2D eigenvalue weighted by molar-refractivity contribution is -0.126. The minimum Gasteiger partial charge on any atom is -0.448 e. The molecule has 6 nitrogen and oxygen atoms in total. The van der Waals surface area contributed by atoms with Gasteiger partial charge in [0, 0.05) is 24.0 Å². The van der Waals surface area contributed by atoms with Gasteiger partial charge < -0.3 is 14.6 Å². The van der Waals surface area contributed by atoms with Crippen molar-refractivity contribution in [3.63, 3.8) is 0 Å². The van der Waals surface area contributed by atoms with Crippen LogP contribution in [-0.2, 0) is 9.53 Å². The normalized spacial score (nSPS) is 11.6. The second kappa shape index (κ2) is 7.59. The molecule has 0 aliphatic carbocycles. The highest BCUT2D eigenvalue weighted by Crippen LogP contribution is 2.16. The Morgan fingerprint density at radius 3 is 2.42 bits per heavy atom. The highest BCUT2D eigenvalue weighted by atomic mass is 16.5. The van der Waals surface area contributed by atoms with Crippen LogP contribution in [0.25, 0.3) is 0 Å². The van der Waals surface area contributed by atoms with E-state index in [2.05, 4.69) is 4.98 Å². The van der Waals surface area contributed by atoms with Crippen LogP contribution in [0.1, 0.15) is 41.6 Å². The van der Waals surface area contributed by atoms with Crippen molar-refractivity contribution in [1.29, 1.82) is 0 Å². The molecule has 0 saturated carbocycles. The van der Waals surface area contributed by atoms with Crippen LogP contribution in [0.4, 0.5) is 5.69 Å². The number of esters is 1. The van der Waals surface area contributed by atoms with Gasteiger partial charge in [-0.1, -0.05) is 18.2 Å². The van der Waals surface area contributed by atoms with Gasteiger partial charge in [-0.05, 0) is 39.0 Å². The average molecular weight is 328 g/mol. The molecule has 0 unspecified atom stereocenters. The van der Waals surface area contributed by atoms with Crippen LogP contribution >= 0.6 is 0 Å². The van der Waals surface area contributed by atoms with Gasteiger partial charge in [0.2, 0.25) is 0 Å². The molecule has 0 radical (unpaired) electrons. The summed E-state index contributed by atoms with van der Waals surface area (Å²) in [5.74, 6) is -1.14. The van der Waals surface area contributed by atoms with Crippen LogP contribution in [-0.4, -0.2) is 35.3 Å². The zero-order chi connectivity index (χ0) is 17.7. The number of nitrogens with one attached hydrogen (secondary N) is 1. The van der Waals surface area contributed by atoms with Crippen molar-refractivity contribution in [3.8, 4) is 0 Å². The molecule has 6 heteroatoms. The van der Waals surface area contributed by atoms with Gasteiger partial charge >= 0.3 is 5.97 Å². The van der Waals surface area contributed by atoms with Crippen LogP contribution < -0.4 is 4.90 Å². The number of ketones is 1. The minimum atomic E-state index is -0.943. The van der Waals surface area contributed by atoms with E-state index in [1.54, 1.807) is 4.90 Å². The third-order valence-corrected chi connectivity index (χ3v) is 3.59. The number of nitrogens with zero attached hydrogens (tertiary/aromatic N) is 1. The van der Waals surface area contributed by atoms with Gasteiger partial charge in [-0.3, -0.25) is 9.59 Å². The van der Waals surface area contributed by atoms with E-state index in [-0.39, 0.29) is 17.4 Å². The van der Waals surface area contributed by atoms with Crippen molar-refractivity contribution in [2.24, 2.45) is 0 Å². The number of amides is 1. The Kier molecular flexibility index (Phi) is 5.52. The van der Waals surface area contributed by atoms with Crippen LogP contribution in [0.5, 0.6) is 0 Å². The molecule has 0 saturated heterocycles. The summed E-state index contributed by atoms with van der Waals surface area (Å²) in [4.78, 5) is 40.1. The lowest BCUT2D eigenvalue weighted by Gasteiger charge is -2.24. The van der Waals surface area contributed by atoms with E-state index in [4.69, 9.17) is 4.74 Å². The number of carbonyl (C=O) groups is 3. The van der Waals surface area contributed by atoms with Crippen molar-refractivity contribution < 1.29 is 19.1 Å². The zero-order valence-corrected chi connectivity index (χ0v) is 13.9. The number of rotatable bonds is 6.